The van der Waals surface area contributed by atoms with Gasteiger partial charge in [-0.1, -0.05) is 12.1 Å². The van der Waals surface area contributed by atoms with Crippen LogP contribution in [0.25, 0.3) is 11.3 Å². The van der Waals surface area contributed by atoms with Crippen LogP contribution in [0.3, 0.4) is 0 Å². The van der Waals surface area contributed by atoms with Gasteiger partial charge in [-0.25, -0.2) is 9.37 Å². The Morgan fingerprint density at radius 3 is 2.64 bits per heavy atom. The molecule has 126 valence electrons. The van der Waals surface area contributed by atoms with Crippen molar-refractivity contribution in [2.24, 2.45) is 0 Å². The normalized spacial score (nSPS) is 10.4. The van der Waals surface area contributed by atoms with E-state index >= 15 is 0 Å². The third kappa shape index (κ3) is 4.14. The van der Waals surface area contributed by atoms with Crippen LogP contribution in [0.2, 0.25) is 0 Å². The molecule has 0 aliphatic carbocycles. The quantitative estimate of drug-likeness (QED) is 0.769. The fourth-order valence-corrected chi connectivity index (χ4v) is 2.27. The molecular weight excluding hydrogens is 323 g/mol. The molecule has 25 heavy (non-hydrogen) atoms. The van der Waals surface area contributed by atoms with E-state index in [0.717, 1.165) is 5.56 Å². The lowest BCUT2D eigenvalue weighted by Gasteiger charge is -2.08. The van der Waals surface area contributed by atoms with E-state index in [1.807, 2.05) is 0 Å². The Balaban J connectivity index is 1.68. The van der Waals surface area contributed by atoms with Gasteiger partial charge in [-0.15, -0.1) is 0 Å². The van der Waals surface area contributed by atoms with Crippen molar-refractivity contribution >= 4 is 5.91 Å². The van der Waals surface area contributed by atoms with Gasteiger partial charge in [0.15, 0.2) is 0 Å². The van der Waals surface area contributed by atoms with E-state index in [4.69, 9.17) is 0 Å². The minimum absolute atomic E-state index is 0.158. The van der Waals surface area contributed by atoms with Crippen LogP contribution in [-0.4, -0.2) is 20.4 Å². The molecule has 3 aromatic rings. The number of carbonyl (C=O) groups is 1. The molecule has 2 heterocycles. The predicted octanol–water partition coefficient (Wildman–Crippen LogP) is 1.76. The van der Waals surface area contributed by atoms with Gasteiger partial charge in [-0.3, -0.25) is 19.1 Å². The van der Waals surface area contributed by atoms with Crippen LogP contribution in [0, 0.1) is 5.82 Å². The average molecular weight is 338 g/mol. The summed E-state index contributed by atoms with van der Waals surface area (Å²) < 4.78 is 14.9. The first kappa shape index (κ1) is 16.5. The number of nitrogens with one attached hydrogen (secondary N) is 1. The molecule has 0 aliphatic heterocycles. The van der Waals surface area contributed by atoms with Crippen LogP contribution in [0.5, 0.6) is 0 Å². The van der Waals surface area contributed by atoms with Gasteiger partial charge in [0.25, 0.3) is 5.56 Å². The number of rotatable bonds is 5. The summed E-state index contributed by atoms with van der Waals surface area (Å²) in [5, 5.41) is 2.72. The first-order chi connectivity index (χ1) is 12.1. The molecule has 0 radical (unpaired) electrons. The van der Waals surface area contributed by atoms with Gasteiger partial charge in [0.2, 0.25) is 5.91 Å². The lowest BCUT2D eigenvalue weighted by Crippen LogP contribution is -2.32. The molecule has 3 rings (SSSR count). The van der Waals surface area contributed by atoms with Crippen molar-refractivity contribution in [2.75, 3.05) is 0 Å². The first-order valence-electron chi connectivity index (χ1n) is 7.60. The van der Waals surface area contributed by atoms with Crippen molar-refractivity contribution in [1.29, 1.82) is 0 Å². The fraction of sp³-hybridized carbons (Fsp3) is 0.111. The molecule has 0 saturated heterocycles. The lowest BCUT2D eigenvalue weighted by molar-refractivity contribution is -0.121. The van der Waals surface area contributed by atoms with Crippen LogP contribution in [0.1, 0.15) is 5.56 Å². The Morgan fingerprint density at radius 1 is 1.16 bits per heavy atom. The van der Waals surface area contributed by atoms with Crippen molar-refractivity contribution < 1.29 is 9.18 Å². The molecule has 0 bridgehead atoms. The minimum atomic E-state index is -0.456. The molecule has 0 unspecified atom stereocenters. The van der Waals surface area contributed by atoms with E-state index in [2.05, 4.69) is 15.3 Å². The predicted molar refractivity (Wildman–Crippen MR) is 90.0 cm³/mol. The average Bonchev–Trinajstić information content (AvgIpc) is 2.63. The van der Waals surface area contributed by atoms with Crippen molar-refractivity contribution in [3.05, 3.63) is 82.9 Å². The highest BCUT2D eigenvalue weighted by molar-refractivity contribution is 5.75. The molecule has 0 spiro atoms. The van der Waals surface area contributed by atoms with Crippen LogP contribution in [-0.2, 0) is 17.9 Å². The maximum Gasteiger partial charge on any atom is 0.254 e. The van der Waals surface area contributed by atoms with Crippen LogP contribution < -0.4 is 10.9 Å². The number of hydrogen-bond acceptors (Lipinski definition) is 4. The van der Waals surface area contributed by atoms with Crippen molar-refractivity contribution in [2.45, 2.75) is 13.1 Å². The van der Waals surface area contributed by atoms with E-state index in [0.29, 0.717) is 6.54 Å². The smallest absolute Gasteiger partial charge is 0.254 e. The highest BCUT2D eigenvalue weighted by Crippen LogP contribution is 2.18. The zero-order valence-electron chi connectivity index (χ0n) is 13.2. The standard InChI is InChI=1S/C18H15FN4O2/c19-15-4-2-1-3-14(15)16-9-18(25)23(12-22-16)11-17(24)21-10-13-5-7-20-8-6-13/h1-9,12H,10-11H2,(H,21,24). The summed E-state index contributed by atoms with van der Waals surface area (Å²) in [5.74, 6) is -0.776. The third-order valence-corrected chi connectivity index (χ3v) is 3.58. The van der Waals surface area contributed by atoms with E-state index in [1.54, 1.807) is 42.7 Å². The minimum Gasteiger partial charge on any atom is -0.350 e. The Hall–Kier alpha value is -3.35. The number of benzene rings is 1. The van der Waals surface area contributed by atoms with Gasteiger partial charge in [-0.2, -0.15) is 0 Å². The maximum atomic E-state index is 13.8. The van der Waals surface area contributed by atoms with Crippen LogP contribution >= 0.6 is 0 Å². The highest BCUT2D eigenvalue weighted by atomic mass is 19.1. The van der Waals surface area contributed by atoms with Gasteiger partial charge in [-0.05, 0) is 29.8 Å². The Labute approximate surface area is 143 Å². The fourth-order valence-electron chi connectivity index (χ4n) is 2.27. The summed E-state index contributed by atoms with van der Waals surface area (Å²) in [5.41, 5.74) is 0.960. The number of aromatic nitrogens is 3. The van der Waals surface area contributed by atoms with Crippen LogP contribution in [0.4, 0.5) is 4.39 Å². The van der Waals surface area contributed by atoms with Crippen molar-refractivity contribution in [1.82, 2.24) is 19.9 Å². The van der Waals surface area contributed by atoms with Crippen LogP contribution in [0.15, 0.2) is 66.0 Å². The summed E-state index contributed by atoms with van der Waals surface area (Å²) in [6.45, 7) is 0.186. The monoisotopic (exact) mass is 338 g/mol. The number of halogens is 1. The summed E-state index contributed by atoms with van der Waals surface area (Å²) >= 11 is 0. The molecule has 0 atom stereocenters. The summed E-state index contributed by atoms with van der Waals surface area (Å²) in [6.07, 6.45) is 4.52. The van der Waals surface area contributed by atoms with Crippen molar-refractivity contribution in [3.63, 3.8) is 0 Å². The second kappa shape index (κ2) is 7.48. The van der Waals surface area contributed by atoms with E-state index in [9.17, 15) is 14.0 Å². The second-order valence-electron chi connectivity index (χ2n) is 5.35. The van der Waals surface area contributed by atoms with E-state index in [-0.39, 0.29) is 23.7 Å². The SMILES string of the molecule is O=C(Cn1cnc(-c2ccccc2F)cc1=O)NCc1ccncc1. The number of nitrogens with zero attached hydrogens (tertiary/aromatic N) is 3. The summed E-state index contributed by atoms with van der Waals surface area (Å²) in [6, 6.07) is 10.9. The Kier molecular flexibility index (Phi) is 4.94. The highest BCUT2D eigenvalue weighted by Gasteiger charge is 2.09. The lowest BCUT2D eigenvalue weighted by atomic mass is 10.1. The van der Waals surface area contributed by atoms with Gasteiger partial charge < -0.3 is 5.32 Å². The van der Waals surface area contributed by atoms with Gasteiger partial charge in [0, 0.05) is 30.6 Å². The Morgan fingerprint density at radius 2 is 1.92 bits per heavy atom. The topological polar surface area (TPSA) is 76.9 Å². The van der Waals surface area contributed by atoms with E-state index in [1.165, 1.54) is 23.0 Å². The molecule has 1 amide bonds. The number of hydrogen-bond donors (Lipinski definition) is 1. The maximum absolute atomic E-state index is 13.8. The van der Waals surface area contributed by atoms with Crippen molar-refractivity contribution in [3.8, 4) is 11.3 Å². The van der Waals surface area contributed by atoms with Gasteiger partial charge in [0.05, 0.1) is 12.0 Å². The molecular formula is C18H15FN4O2. The Bertz CT molecular complexity index is 941. The second-order valence-corrected chi connectivity index (χ2v) is 5.35. The first-order valence-corrected chi connectivity index (χ1v) is 7.60. The molecule has 2 aromatic heterocycles. The van der Waals surface area contributed by atoms with Gasteiger partial charge in [0.1, 0.15) is 12.4 Å². The van der Waals surface area contributed by atoms with Gasteiger partial charge >= 0.3 is 0 Å². The zero-order chi connectivity index (χ0) is 17.6. The number of pyridine rings is 1. The zero-order valence-corrected chi connectivity index (χ0v) is 13.2. The molecule has 0 fully saturated rings. The molecule has 1 aromatic carbocycles. The molecule has 6 nitrogen and oxygen atoms in total. The molecule has 0 aliphatic rings. The number of carbonyl (C=O) groups excluding carboxylic acids is 1. The van der Waals surface area contributed by atoms with E-state index < -0.39 is 11.4 Å². The third-order valence-electron chi connectivity index (χ3n) is 3.58. The largest absolute Gasteiger partial charge is 0.350 e. The summed E-state index contributed by atoms with van der Waals surface area (Å²) in [4.78, 5) is 32.1. The summed E-state index contributed by atoms with van der Waals surface area (Å²) in [7, 11) is 0. The number of amides is 1. The molecule has 0 saturated carbocycles. The molecule has 7 heteroatoms. The molecule has 1 N–H and O–H groups in total.